The van der Waals surface area contributed by atoms with Crippen LogP contribution in [0.25, 0.3) is 10.2 Å². The van der Waals surface area contributed by atoms with Gasteiger partial charge >= 0.3 is 0 Å². The highest BCUT2D eigenvalue weighted by Crippen LogP contribution is 2.29. The van der Waals surface area contributed by atoms with Crippen molar-refractivity contribution in [3.8, 4) is 0 Å². The Morgan fingerprint density at radius 3 is 2.61 bits per heavy atom. The summed E-state index contributed by atoms with van der Waals surface area (Å²) in [6, 6.07) is 10.0. The molecule has 2 aromatic heterocycles. The Balaban J connectivity index is 1.99. The number of thiophene rings is 1. The second-order valence-electron chi connectivity index (χ2n) is 7.35. The first kappa shape index (κ1) is 20.3. The highest BCUT2D eigenvalue weighted by atomic mass is 32.1. The molecule has 0 atom stereocenters. The van der Waals surface area contributed by atoms with E-state index in [9.17, 15) is 9.59 Å². The number of aryl methyl sites for hydroxylation is 2. The Morgan fingerprint density at radius 2 is 1.96 bits per heavy atom. The summed E-state index contributed by atoms with van der Waals surface area (Å²) in [5.41, 5.74) is 1.78. The molecule has 28 heavy (non-hydrogen) atoms. The van der Waals surface area contributed by atoms with Crippen molar-refractivity contribution >= 4 is 27.5 Å². The molecule has 148 valence electrons. The molecular weight excluding hydrogens is 370 g/mol. The van der Waals surface area contributed by atoms with E-state index in [0.29, 0.717) is 28.2 Å². The van der Waals surface area contributed by atoms with E-state index in [1.54, 1.807) is 10.9 Å². The van der Waals surface area contributed by atoms with Crippen molar-refractivity contribution in [1.82, 2.24) is 14.5 Å². The van der Waals surface area contributed by atoms with Crippen molar-refractivity contribution in [1.29, 1.82) is 0 Å². The fourth-order valence-corrected chi connectivity index (χ4v) is 4.35. The first-order valence-electron chi connectivity index (χ1n) is 9.77. The smallest absolute Gasteiger partial charge is 0.264 e. The van der Waals surface area contributed by atoms with Crippen LogP contribution in [0.15, 0.2) is 41.5 Å². The summed E-state index contributed by atoms with van der Waals surface area (Å²) in [5, 5.41) is 0.579. The number of hydrogen-bond acceptors (Lipinski definition) is 4. The van der Waals surface area contributed by atoms with Crippen LogP contribution in [0.4, 0.5) is 0 Å². The number of rotatable bonds is 7. The van der Waals surface area contributed by atoms with E-state index in [4.69, 9.17) is 0 Å². The molecular formula is C22H27N3O2S. The van der Waals surface area contributed by atoms with E-state index < -0.39 is 0 Å². The first-order valence-corrected chi connectivity index (χ1v) is 10.6. The molecule has 0 aliphatic carbocycles. The van der Waals surface area contributed by atoms with Crippen molar-refractivity contribution in [3.05, 3.63) is 63.0 Å². The number of nitrogens with zero attached hydrogens (tertiary/aromatic N) is 3. The lowest BCUT2D eigenvalue weighted by atomic mass is 10.1. The number of fused-ring (bicyclic) bond motifs is 1. The average molecular weight is 398 g/mol. The molecule has 2 heterocycles. The fourth-order valence-electron chi connectivity index (χ4n) is 3.25. The SMILES string of the molecule is CCCCn1cnc2sc(C(=O)N(Cc3ccccc3)C(C)C)c(C)c2c1=O. The molecule has 0 saturated heterocycles. The summed E-state index contributed by atoms with van der Waals surface area (Å²) in [6.45, 7) is 9.18. The van der Waals surface area contributed by atoms with Gasteiger partial charge in [-0.25, -0.2) is 4.98 Å². The second-order valence-corrected chi connectivity index (χ2v) is 8.34. The predicted octanol–water partition coefficient (Wildman–Crippen LogP) is 4.62. The van der Waals surface area contributed by atoms with Gasteiger partial charge in [-0.15, -0.1) is 11.3 Å². The number of carbonyl (C=O) groups is 1. The zero-order chi connectivity index (χ0) is 20.3. The molecule has 0 unspecified atom stereocenters. The zero-order valence-corrected chi connectivity index (χ0v) is 17.8. The largest absolute Gasteiger partial charge is 0.331 e. The molecule has 5 nitrogen and oxygen atoms in total. The van der Waals surface area contributed by atoms with Crippen LogP contribution in [0.5, 0.6) is 0 Å². The Bertz CT molecular complexity index is 1020. The molecule has 0 radical (unpaired) electrons. The lowest BCUT2D eigenvalue weighted by molar-refractivity contribution is 0.0695. The van der Waals surface area contributed by atoms with Gasteiger partial charge < -0.3 is 4.90 Å². The molecule has 0 aliphatic rings. The standard InChI is InChI=1S/C22H27N3O2S/c1-5-6-12-24-14-23-20-18(21(24)26)16(4)19(28-20)22(27)25(15(2)3)13-17-10-8-7-9-11-17/h7-11,14-15H,5-6,12-13H2,1-4H3. The van der Waals surface area contributed by atoms with E-state index in [1.807, 2.05) is 56.0 Å². The van der Waals surface area contributed by atoms with E-state index >= 15 is 0 Å². The van der Waals surface area contributed by atoms with Gasteiger partial charge in [0, 0.05) is 19.1 Å². The average Bonchev–Trinajstić information content (AvgIpc) is 3.03. The third kappa shape index (κ3) is 4.02. The van der Waals surface area contributed by atoms with Gasteiger partial charge in [0.25, 0.3) is 11.5 Å². The number of carbonyl (C=O) groups excluding carboxylic acids is 1. The van der Waals surface area contributed by atoms with Crippen LogP contribution >= 0.6 is 11.3 Å². The van der Waals surface area contributed by atoms with Crippen molar-refractivity contribution in [2.45, 2.75) is 59.7 Å². The van der Waals surface area contributed by atoms with Gasteiger partial charge in [0.05, 0.1) is 16.6 Å². The minimum Gasteiger partial charge on any atom is -0.331 e. The summed E-state index contributed by atoms with van der Waals surface area (Å²) in [4.78, 5) is 33.8. The van der Waals surface area contributed by atoms with Gasteiger partial charge in [0.15, 0.2) is 0 Å². The van der Waals surface area contributed by atoms with Crippen LogP contribution in [0, 0.1) is 6.92 Å². The Hall–Kier alpha value is -2.47. The minimum absolute atomic E-state index is 0.0427. The molecule has 1 aromatic carbocycles. The Morgan fingerprint density at radius 1 is 1.25 bits per heavy atom. The normalized spacial score (nSPS) is 11.3. The summed E-state index contributed by atoms with van der Waals surface area (Å²) in [7, 11) is 0. The maximum absolute atomic E-state index is 13.3. The first-order chi connectivity index (χ1) is 13.4. The van der Waals surface area contributed by atoms with Gasteiger partial charge in [-0.3, -0.25) is 14.2 Å². The Kier molecular flexibility index (Phi) is 6.29. The summed E-state index contributed by atoms with van der Waals surface area (Å²) < 4.78 is 1.66. The molecule has 0 fully saturated rings. The summed E-state index contributed by atoms with van der Waals surface area (Å²) >= 11 is 1.32. The molecule has 0 N–H and O–H groups in total. The molecule has 0 aliphatic heterocycles. The summed E-state index contributed by atoms with van der Waals surface area (Å²) in [6.07, 6.45) is 3.55. The molecule has 1 amide bonds. The van der Waals surface area contributed by atoms with Crippen LogP contribution in [0.1, 0.15) is 54.4 Å². The van der Waals surface area contributed by atoms with Gasteiger partial charge in [-0.1, -0.05) is 43.7 Å². The fraction of sp³-hybridized carbons (Fsp3) is 0.409. The number of unbranched alkanes of at least 4 members (excludes halogenated alkanes) is 1. The molecule has 6 heteroatoms. The molecule has 0 spiro atoms. The van der Waals surface area contributed by atoms with Crippen LogP contribution in [0.3, 0.4) is 0 Å². The molecule has 0 saturated carbocycles. The minimum atomic E-state index is -0.0505. The highest BCUT2D eigenvalue weighted by Gasteiger charge is 2.25. The van der Waals surface area contributed by atoms with Crippen molar-refractivity contribution in [2.75, 3.05) is 0 Å². The van der Waals surface area contributed by atoms with Crippen LogP contribution < -0.4 is 5.56 Å². The van der Waals surface area contributed by atoms with Crippen molar-refractivity contribution in [3.63, 3.8) is 0 Å². The maximum Gasteiger partial charge on any atom is 0.264 e. The van der Waals surface area contributed by atoms with Gasteiger partial charge in [-0.2, -0.15) is 0 Å². The van der Waals surface area contributed by atoms with E-state index in [2.05, 4.69) is 11.9 Å². The highest BCUT2D eigenvalue weighted by molar-refractivity contribution is 7.20. The van der Waals surface area contributed by atoms with Crippen LogP contribution in [0.2, 0.25) is 0 Å². The quantitative estimate of drug-likeness (QED) is 0.585. The number of aromatic nitrogens is 2. The number of hydrogen-bond donors (Lipinski definition) is 0. The lowest BCUT2D eigenvalue weighted by Gasteiger charge is -2.26. The van der Waals surface area contributed by atoms with Crippen molar-refractivity contribution in [2.24, 2.45) is 0 Å². The maximum atomic E-state index is 13.3. The van der Waals surface area contributed by atoms with Gasteiger partial charge in [0.1, 0.15) is 4.83 Å². The number of amides is 1. The lowest BCUT2D eigenvalue weighted by Crippen LogP contribution is -2.36. The second kappa shape index (κ2) is 8.69. The zero-order valence-electron chi connectivity index (χ0n) is 16.9. The van der Waals surface area contributed by atoms with E-state index in [1.165, 1.54) is 11.3 Å². The third-order valence-corrected chi connectivity index (χ3v) is 6.13. The topological polar surface area (TPSA) is 55.2 Å². The summed E-state index contributed by atoms with van der Waals surface area (Å²) in [5.74, 6) is -0.0427. The van der Waals surface area contributed by atoms with Crippen molar-refractivity contribution < 1.29 is 4.79 Å². The van der Waals surface area contributed by atoms with Crippen LogP contribution in [-0.2, 0) is 13.1 Å². The predicted molar refractivity (Wildman–Crippen MR) is 115 cm³/mol. The molecule has 0 bridgehead atoms. The van der Waals surface area contributed by atoms with Crippen LogP contribution in [-0.4, -0.2) is 26.4 Å². The van der Waals surface area contributed by atoms with Gasteiger partial charge in [-0.05, 0) is 38.3 Å². The number of benzene rings is 1. The Labute approximate surface area is 169 Å². The monoisotopic (exact) mass is 397 g/mol. The third-order valence-electron chi connectivity index (χ3n) is 4.94. The molecule has 3 rings (SSSR count). The van der Waals surface area contributed by atoms with E-state index in [0.717, 1.165) is 24.0 Å². The molecule has 3 aromatic rings. The van der Waals surface area contributed by atoms with Gasteiger partial charge in [0.2, 0.25) is 0 Å². The van der Waals surface area contributed by atoms with E-state index in [-0.39, 0.29) is 17.5 Å².